The smallest absolute Gasteiger partial charge is 0.289 e. The molecule has 5 rings (SSSR count). The number of furan rings is 1. The van der Waals surface area contributed by atoms with Crippen LogP contribution in [0, 0.1) is 0 Å². The molecule has 208 valence electrons. The second-order valence-electron chi connectivity index (χ2n) is 10.1. The molecular formula is C28H35ClN6O4. The summed E-state index contributed by atoms with van der Waals surface area (Å²) in [5.41, 5.74) is 1.44. The zero-order valence-corrected chi connectivity index (χ0v) is 23.2. The van der Waals surface area contributed by atoms with Crippen LogP contribution >= 0.6 is 11.6 Å². The average Bonchev–Trinajstić information content (AvgIpc) is 3.49. The zero-order chi connectivity index (χ0) is 27.4. The van der Waals surface area contributed by atoms with Gasteiger partial charge in [0.05, 0.1) is 36.5 Å². The highest BCUT2D eigenvalue weighted by Gasteiger charge is 2.26. The van der Waals surface area contributed by atoms with E-state index < -0.39 is 0 Å². The Morgan fingerprint density at radius 1 is 0.949 bits per heavy atom. The van der Waals surface area contributed by atoms with E-state index in [1.165, 1.54) is 10.9 Å². The van der Waals surface area contributed by atoms with Crippen molar-refractivity contribution in [1.82, 2.24) is 19.6 Å². The van der Waals surface area contributed by atoms with Crippen LogP contribution in [-0.4, -0.2) is 90.5 Å². The molecule has 2 aromatic heterocycles. The molecule has 0 N–H and O–H groups in total. The summed E-state index contributed by atoms with van der Waals surface area (Å²) in [6.07, 6.45) is 3.28. The molecule has 39 heavy (non-hydrogen) atoms. The molecule has 4 heterocycles. The Kier molecular flexibility index (Phi) is 8.42. The Balaban J connectivity index is 1.13. The first-order chi connectivity index (χ1) is 18.9. The maximum Gasteiger partial charge on any atom is 0.289 e. The van der Waals surface area contributed by atoms with Crippen LogP contribution in [0.5, 0.6) is 5.75 Å². The Morgan fingerprint density at radius 3 is 2.33 bits per heavy atom. The van der Waals surface area contributed by atoms with Gasteiger partial charge in [0.15, 0.2) is 5.76 Å². The van der Waals surface area contributed by atoms with Gasteiger partial charge < -0.3 is 23.9 Å². The van der Waals surface area contributed by atoms with Crippen LogP contribution in [0.2, 0.25) is 5.02 Å². The number of hydrogen-bond donors (Lipinski definition) is 0. The average molecular weight is 555 g/mol. The van der Waals surface area contributed by atoms with E-state index in [4.69, 9.17) is 20.8 Å². The van der Waals surface area contributed by atoms with Crippen LogP contribution in [-0.2, 0) is 6.54 Å². The maximum absolute atomic E-state index is 13.0. The zero-order valence-electron chi connectivity index (χ0n) is 22.5. The predicted octanol–water partition coefficient (Wildman–Crippen LogP) is 3.06. The number of carbonyl (C=O) groups excluding carboxylic acids is 1. The third-order valence-corrected chi connectivity index (χ3v) is 7.53. The lowest BCUT2D eigenvalue weighted by atomic mass is 10.2. The molecule has 0 unspecified atom stereocenters. The fraction of sp³-hybridized carbons (Fsp3) is 0.464. The molecule has 2 saturated heterocycles. The van der Waals surface area contributed by atoms with E-state index in [0.717, 1.165) is 37.6 Å². The molecule has 0 radical (unpaired) electrons. The highest BCUT2D eigenvalue weighted by molar-refractivity contribution is 6.33. The summed E-state index contributed by atoms with van der Waals surface area (Å²) in [5.74, 6) is 1.11. The van der Waals surface area contributed by atoms with Crippen LogP contribution in [0.3, 0.4) is 0 Å². The van der Waals surface area contributed by atoms with Gasteiger partial charge in [-0.2, -0.15) is 5.10 Å². The number of para-hydroxylation sites is 2. The highest BCUT2D eigenvalue weighted by atomic mass is 35.5. The fourth-order valence-corrected chi connectivity index (χ4v) is 5.33. The monoisotopic (exact) mass is 554 g/mol. The van der Waals surface area contributed by atoms with E-state index >= 15 is 0 Å². The first-order valence-corrected chi connectivity index (χ1v) is 13.8. The summed E-state index contributed by atoms with van der Waals surface area (Å²) < 4.78 is 12.7. The van der Waals surface area contributed by atoms with Gasteiger partial charge in [-0.3, -0.25) is 14.5 Å². The van der Waals surface area contributed by atoms with Crippen LogP contribution in [0.15, 0.2) is 58.1 Å². The SMILES string of the molecule is CC(C)Oc1ccccc1N1CCN(CCn2ncc(N3CCN(C(=O)c4ccco4)CC3)c(Cl)c2=O)CC1. The van der Waals surface area contributed by atoms with Crippen molar-refractivity contribution in [3.05, 3.63) is 70.0 Å². The van der Waals surface area contributed by atoms with Crippen molar-refractivity contribution >= 4 is 28.9 Å². The van der Waals surface area contributed by atoms with Crippen molar-refractivity contribution < 1.29 is 13.9 Å². The van der Waals surface area contributed by atoms with Gasteiger partial charge in [-0.15, -0.1) is 0 Å². The largest absolute Gasteiger partial charge is 0.489 e. The van der Waals surface area contributed by atoms with E-state index in [1.807, 2.05) is 36.9 Å². The van der Waals surface area contributed by atoms with Crippen molar-refractivity contribution in [3.63, 3.8) is 0 Å². The molecule has 2 aliphatic heterocycles. The number of ether oxygens (including phenoxy) is 1. The molecule has 1 amide bonds. The van der Waals surface area contributed by atoms with Gasteiger partial charge in [-0.05, 0) is 38.1 Å². The number of piperazine rings is 2. The summed E-state index contributed by atoms with van der Waals surface area (Å²) in [7, 11) is 0. The predicted molar refractivity (Wildman–Crippen MR) is 151 cm³/mol. The van der Waals surface area contributed by atoms with Crippen molar-refractivity contribution in [3.8, 4) is 5.75 Å². The van der Waals surface area contributed by atoms with Crippen LogP contribution in [0.4, 0.5) is 11.4 Å². The van der Waals surface area contributed by atoms with Gasteiger partial charge in [0.1, 0.15) is 10.8 Å². The van der Waals surface area contributed by atoms with Crippen molar-refractivity contribution in [2.45, 2.75) is 26.5 Å². The van der Waals surface area contributed by atoms with Gasteiger partial charge in [-0.25, -0.2) is 4.68 Å². The van der Waals surface area contributed by atoms with E-state index in [0.29, 0.717) is 50.7 Å². The van der Waals surface area contributed by atoms with Crippen molar-refractivity contribution in [1.29, 1.82) is 0 Å². The van der Waals surface area contributed by atoms with Crippen LogP contribution < -0.4 is 20.1 Å². The fourth-order valence-electron chi connectivity index (χ4n) is 5.06. The number of carbonyl (C=O) groups is 1. The molecule has 10 nitrogen and oxygen atoms in total. The van der Waals surface area contributed by atoms with Gasteiger partial charge in [-0.1, -0.05) is 23.7 Å². The van der Waals surface area contributed by atoms with Gasteiger partial charge >= 0.3 is 0 Å². The quantitative estimate of drug-likeness (QED) is 0.420. The second kappa shape index (κ2) is 12.1. The maximum atomic E-state index is 13.0. The molecule has 3 aromatic rings. The molecule has 11 heteroatoms. The summed E-state index contributed by atoms with van der Waals surface area (Å²) in [5, 5.41) is 4.59. The molecule has 0 spiro atoms. The third-order valence-electron chi connectivity index (χ3n) is 7.17. The molecule has 2 aliphatic rings. The number of anilines is 2. The molecule has 0 aliphatic carbocycles. The minimum absolute atomic E-state index is 0.123. The highest BCUT2D eigenvalue weighted by Crippen LogP contribution is 2.29. The number of benzene rings is 1. The summed E-state index contributed by atoms with van der Waals surface area (Å²) in [6.45, 7) is 11.0. The van der Waals surface area contributed by atoms with Gasteiger partial charge in [0.2, 0.25) is 0 Å². The molecule has 2 fully saturated rings. The van der Waals surface area contributed by atoms with Crippen LogP contribution in [0.1, 0.15) is 24.4 Å². The minimum atomic E-state index is -0.290. The second-order valence-corrected chi connectivity index (χ2v) is 10.5. The van der Waals surface area contributed by atoms with E-state index in [9.17, 15) is 9.59 Å². The number of amides is 1. The van der Waals surface area contributed by atoms with Gasteiger partial charge in [0, 0.05) is 58.9 Å². The standard InChI is InChI=1S/C28H35ClN6O4/c1-21(2)39-24-7-4-3-6-22(24)32-12-9-31(10-13-32)11-18-35-28(37)26(29)23(20-30-35)33-14-16-34(17-15-33)27(36)25-8-5-19-38-25/h3-8,19-21H,9-18H2,1-2H3. The lowest BCUT2D eigenvalue weighted by Crippen LogP contribution is -2.49. The number of aromatic nitrogens is 2. The first-order valence-electron chi connectivity index (χ1n) is 13.5. The Morgan fingerprint density at radius 2 is 1.64 bits per heavy atom. The van der Waals surface area contributed by atoms with Crippen LogP contribution in [0.25, 0.3) is 0 Å². The number of hydrogen-bond acceptors (Lipinski definition) is 8. The first kappa shape index (κ1) is 27.1. The lowest BCUT2D eigenvalue weighted by molar-refractivity contribution is 0.0714. The number of nitrogens with zero attached hydrogens (tertiary/aromatic N) is 6. The Hall–Kier alpha value is -3.50. The van der Waals surface area contributed by atoms with Crippen molar-refractivity contribution in [2.75, 3.05) is 68.7 Å². The Bertz CT molecular complexity index is 1310. The normalized spacial score (nSPS) is 16.7. The molecule has 1 aromatic carbocycles. The lowest BCUT2D eigenvalue weighted by Gasteiger charge is -2.37. The molecule has 0 saturated carbocycles. The number of rotatable bonds is 8. The van der Waals surface area contributed by atoms with E-state index in [2.05, 4.69) is 21.0 Å². The summed E-state index contributed by atoms with van der Waals surface area (Å²) >= 11 is 6.53. The summed E-state index contributed by atoms with van der Waals surface area (Å²) in [6, 6.07) is 11.5. The number of halogens is 1. The third kappa shape index (κ3) is 6.23. The topological polar surface area (TPSA) is 87.3 Å². The molecule has 0 bridgehead atoms. The minimum Gasteiger partial charge on any atom is -0.489 e. The summed E-state index contributed by atoms with van der Waals surface area (Å²) in [4.78, 5) is 34.0. The molecular weight excluding hydrogens is 520 g/mol. The van der Waals surface area contributed by atoms with Crippen molar-refractivity contribution in [2.24, 2.45) is 0 Å². The van der Waals surface area contributed by atoms with Gasteiger partial charge in [0.25, 0.3) is 11.5 Å². The van der Waals surface area contributed by atoms with E-state index in [-0.39, 0.29) is 22.6 Å². The Labute approximate surface area is 233 Å². The van der Waals surface area contributed by atoms with E-state index in [1.54, 1.807) is 23.2 Å². The molecule has 0 atom stereocenters.